The maximum absolute atomic E-state index is 12.8. The molecule has 0 bridgehead atoms. The van der Waals surface area contributed by atoms with Crippen molar-refractivity contribution in [3.05, 3.63) is 77.4 Å². The van der Waals surface area contributed by atoms with Crippen LogP contribution in [0.2, 0.25) is 0 Å². The smallest absolute Gasteiger partial charge is 0.297 e. The minimum Gasteiger partial charge on any atom is -0.297 e. The SMILES string of the molecule is CC(=NOC(=O)Nc1ccc(F)cc1)c1ccc(-c2ccccc2)s1. The van der Waals surface area contributed by atoms with Gasteiger partial charge >= 0.3 is 6.09 Å². The van der Waals surface area contributed by atoms with E-state index in [2.05, 4.69) is 10.5 Å². The van der Waals surface area contributed by atoms with Crippen molar-refractivity contribution in [1.29, 1.82) is 0 Å². The topological polar surface area (TPSA) is 50.7 Å². The van der Waals surface area contributed by atoms with Crippen molar-refractivity contribution >= 4 is 28.8 Å². The predicted octanol–water partition coefficient (Wildman–Crippen LogP) is 5.53. The molecule has 0 spiro atoms. The molecule has 0 fully saturated rings. The van der Waals surface area contributed by atoms with Crippen LogP contribution in [0.1, 0.15) is 11.8 Å². The molecule has 0 aliphatic carbocycles. The van der Waals surface area contributed by atoms with Crippen LogP contribution in [0.5, 0.6) is 0 Å². The van der Waals surface area contributed by atoms with E-state index in [1.165, 1.54) is 24.3 Å². The van der Waals surface area contributed by atoms with Gasteiger partial charge in [-0.25, -0.2) is 9.18 Å². The zero-order valence-corrected chi connectivity index (χ0v) is 14.2. The van der Waals surface area contributed by atoms with Gasteiger partial charge in [0.05, 0.1) is 10.6 Å². The molecule has 0 aliphatic heterocycles. The third-order valence-electron chi connectivity index (χ3n) is 3.38. The Kier molecular flexibility index (Phi) is 5.20. The van der Waals surface area contributed by atoms with Crippen molar-refractivity contribution in [3.8, 4) is 10.4 Å². The first-order valence-corrected chi connectivity index (χ1v) is 8.37. The van der Waals surface area contributed by atoms with Gasteiger partial charge in [0, 0.05) is 10.6 Å². The molecule has 1 aromatic heterocycles. The number of amides is 1. The summed E-state index contributed by atoms with van der Waals surface area (Å²) in [6, 6.07) is 19.3. The molecule has 0 aliphatic rings. The normalized spacial score (nSPS) is 11.2. The largest absolute Gasteiger partial charge is 0.437 e. The summed E-state index contributed by atoms with van der Waals surface area (Å²) >= 11 is 1.57. The van der Waals surface area contributed by atoms with Crippen molar-refractivity contribution in [2.75, 3.05) is 5.32 Å². The highest BCUT2D eigenvalue weighted by atomic mass is 32.1. The predicted molar refractivity (Wildman–Crippen MR) is 98.5 cm³/mol. The van der Waals surface area contributed by atoms with Gasteiger partial charge in [0.15, 0.2) is 0 Å². The summed E-state index contributed by atoms with van der Waals surface area (Å²) < 4.78 is 12.8. The standard InChI is InChI=1S/C19H15FN2O2S/c1-13(17-11-12-18(25-17)14-5-3-2-4-6-14)22-24-19(23)21-16-9-7-15(20)8-10-16/h2-12H,1H3,(H,21,23). The number of rotatable bonds is 4. The van der Waals surface area contributed by atoms with Gasteiger partial charge in [-0.05, 0) is 48.9 Å². The highest BCUT2D eigenvalue weighted by Gasteiger charge is 2.07. The average Bonchev–Trinajstić information content (AvgIpc) is 3.13. The molecule has 3 rings (SSSR count). The van der Waals surface area contributed by atoms with E-state index < -0.39 is 6.09 Å². The van der Waals surface area contributed by atoms with Crippen molar-refractivity contribution < 1.29 is 14.0 Å². The molecule has 3 aromatic rings. The highest BCUT2D eigenvalue weighted by molar-refractivity contribution is 7.17. The molecule has 0 saturated carbocycles. The van der Waals surface area contributed by atoms with E-state index >= 15 is 0 Å². The molecule has 2 aromatic carbocycles. The van der Waals surface area contributed by atoms with Crippen LogP contribution in [0, 0.1) is 5.82 Å². The number of thiophene rings is 1. The molecule has 0 radical (unpaired) electrons. The van der Waals surface area contributed by atoms with E-state index in [4.69, 9.17) is 4.84 Å². The fourth-order valence-corrected chi connectivity index (χ4v) is 3.07. The minimum absolute atomic E-state index is 0.375. The number of nitrogens with one attached hydrogen (secondary N) is 1. The van der Waals surface area contributed by atoms with Crippen molar-refractivity contribution in [1.82, 2.24) is 0 Å². The van der Waals surface area contributed by atoms with E-state index in [-0.39, 0.29) is 5.82 Å². The van der Waals surface area contributed by atoms with Crippen LogP contribution in [0.4, 0.5) is 14.9 Å². The summed E-state index contributed by atoms with van der Waals surface area (Å²) in [7, 11) is 0. The van der Waals surface area contributed by atoms with Crippen LogP contribution < -0.4 is 5.32 Å². The first-order chi connectivity index (χ1) is 12.1. The number of carbonyl (C=O) groups excluding carboxylic acids is 1. The number of hydrogen-bond donors (Lipinski definition) is 1. The van der Waals surface area contributed by atoms with Gasteiger partial charge < -0.3 is 0 Å². The number of carbonyl (C=O) groups is 1. The van der Waals surface area contributed by atoms with Crippen molar-refractivity contribution in [2.45, 2.75) is 6.92 Å². The van der Waals surface area contributed by atoms with Crippen LogP contribution in [0.25, 0.3) is 10.4 Å². The van der Waals surface area contributed by atoms with E-state index in [0.717, 1.165) is 15.3 Å². The number of oxime groups is 1. The lowest BCUT2D eigenvalue weighted by molar-refractivity contribution is 0.166. The Hall–Kier alpha value is -2.99. The minimum atomic E-state index is -0.731. The highest BCUT2D eigenvalue weighted by Crippen LogP contribution is 2.28. The molecule has 1 heterocycles. The maximum atomic E-state index is 12.8. The molecule has 0 saturated heterocycles. The number of hydrogen-bond acceptors (Lipinski definition) is 4. The van der Waals surface area contributed by atoms with Gasteiger partial charge in [-0.2, -0.15) is 0 Å². The lowest BCUT2D eigenvalue weighted by Crippen LogP contribution is -2.11. The summed E-state index contributed by atoms with van der Waals surface area (Å²) in [5.74, 6) is -0.375. The summed E-state index contributed by atoms with van der Waals surface area (Å²) in [4.78, 5) is 18.6. The second-order valence-corrected chi connectivity index (χ2v) is 6.30. The van der Waals surface area contributed by atoms with Gasteiger partial charge in [-0.1, -0.05) is 35.5 Å². The molecule has 1 amide bonds. The average molecular weight is 354 g/mol. The Balaban J connectivity index is 1.62. The number of nitrogens with zero attached hydrogens (tertiary/aromatic N) is 1. The molecule has 25 heavy (non-hydrogen) atoms. The molecule has 0 unspecified atom stereocenters. The number of benzene rings is 2. The van der Waals surface area contributed by atoms with Crippen LogP contribution in [-0.2, 0) is 4.84 Å². The quantitative estimate of drug-likeness (QED) is 0.381. The molecule has 6 heteroatoms. The van der Waals surface area contributed by atoms with Gasteiger partial charge in [0.25, 0.3) is 0 Å². The van der Waals surface area contributed by atoms with Crippen LogP contribution in [0.15, 0.2) is 71.9 Å². The fraction of sp³-hybridized carbons (Fsp3) is 0.0526. The zero-order chi connectivity index (χ0) is 17.6. The molecular weight excluding hydrogens is 339 g/mol. The third kappa shape index (κ3) is 4.51. The Morgan fingerprint density at radius 3 is 2.48 bits per heavy atom. The van der Waals surface area contributed by atoms with Gasteiger partial charge in [0.2, 0.25) is 0 Å². The number of anilines is 1. The van der Waals surface area contributed by atoms with Crippen LogP contribution >= 0.6 is 11.3 Å². The van der Waals surface area contributed by atoms with Crippen LogP contribution in [0.3, 0.4) is 0 Å². The Bertz CT molecular complexity index is 889. The second-order valence-electron chi connectivity index (χ2n) is 5.22. The van der Waals surface area contributed by atoms with E-state index in [1.54, 1.807) is 18.3 Å². The van der Waals surface area contributed by atoms with E-state index in [0.29, 0.717) is 11.4 Å². The fourth-order valence-electron chi connectivity index (χ4n) is 2.12. The summed E-state index contributed by atoms with van der Waals surface area (Å²) in [6.45, 7) is 1.77. The van der Waals surface area contributed by atoms with Gasteiger partial charge in [0.1, 0.15) is 5.82 Å². The molecule has 0 atom stereocenters. The van der Waals surface area contributed by atoms with Crippen molar-refractivity contribution in [2.24, 2.45) is 5.16 Å². The third-order valence-corrected chi connectivity index (χ3v) is 4.62. The molecule has 126 valence electrons. The first kappa shape index (κ1) is 16.9. The summed E-state index contributed by atoms with van der Waals surface area (Å²) in [5.41, 5.74) is 2.16. The number of halogens is 1. The summed E-state index contributed by atoms with van der Waals surface area (Å²) in [5, 5.41) is 6.33. The zero-order valence-electron chi connectivity index (χ0n) is 13.4. The molecular formula is C19H15FN2O2S. The van der Waals surface area contributed by atoms with E-state index in [1.807, 2.05) is 42.5 Å². The second kappa shape index (κ2) is 7.72. The maximum Gasteiger partial charge on any atom is 0.437 e. The monoisotopic (exact) mass is 354 g/mol. The Morgan fingerprint density at radius 2 is 1.76 bits per heavy atom. The van der Waals surface area contributed by atoms with Gasteiger partial charge in [-0.3, -0.25) is 10.2 Å². The lowest BCUT2D eigenvalue weighted by Gasteiger charge is -2.03. The molecule has 4 nitrogen and oxygen atoms in total. The van der Waals surface area contributed by atoms with Crippen LogP contribution in [-0.4, -0.2) is 11.8 Å². The summed E-state index contributed by atoms with van der Waals surface area (Å²) in [6.07, 6.45) is -0.731. The molecule has 1 N–H and O–H groups in total. The lowest BCUT2D eigenvalue weighted by atomic mass is 10.2. The Labute approximate surface area is 148 Å². The van der Waals surface area contributed by atoms with Gasteiger partial charge in [-0.15, -0.1) is 11.3 Å². The van der Waals surface area contributed by atoms with E-state index in [9.17, 15) is 9.18 Å². The van der Waals surface area contributed by atoms with Crippen molar-refractivity contribution in [3.63, 3.8) is 0 Å². The Morgan fingerprint density at radius 1 is 1.04 bits per heavy atom. The first-order valence-electron chi connectivity index (χ1n) is 7.55.